The van der Waals surface area contributed by atoms with Crippen LogP contribution in [0.25, 0.3) is 0 Å². The molecule has 1 unspecified atom stereocenters. The van der Waals surface area contributed by atoms with Crippen LogP contribution < -0.4 is 10.6 Å². The Kier molecular flexibility index (Phi) is 11.8. The number of ether oxygens (including phenoxy) is 2. The fourth-order valence-electron chi connectivity index (χ4n) is 2.65. The van der Waals surface area contributed by atoms with Crippen LogP contribution in [0.1, 0.15) is 13.3 Å². The maximum Gasteiger partial charge on any atom is 0.190 e. The summed E-state index contributed by atoms with van der Waals surface area (Å²) in [5.41, 5.74) is 0. The summed E-state index contributed by atoms with van der Waals surface area (Å²) in [5.74, 6) is 1.47. The lowest BCUT2D eigenvalue weighted by Crippen LogP contribution is -2.47. The number of piperazine rings is 1. The van der Waals surface area contributed by atoms with Gasteiger partial charge in [-0.05, 0) is 19.4 Å². The molecule has 0 amide bonds. The van der Waals surface area contributed by atoms with E-state index in [9.17, 15) is 0 Å². The third-order valence-corrected chi connectivity index (χ3v) is 4.20. The van der Waals surface area contributed by atoms with Gasteiger partial charge in [-0.3, -0.25) is 4.99 Å². The largest absolute Gasteiger partial charge is 0.382 e. The molecule has 0 spiro atoms. The van der Waals surface area contributed by atoms with E-state index in [4.69, 9.17) is 9.47 Å². The van der Waals surface area contributed by atoms with E-state index in [1.807, 2.05) is 7.05 Å². The summed E-state index contributed by atoms with van der Waals surface area (Å²) in [4.78, 5) is 9.23. The lowest BCUT2D eigenvalue weighted by molar-refractivity contribution is 0.0698. The summed E-state index contributed by atoms with van der Waals surface area (Å²) in [6.07, 6.45) is 0.960. The van der Waals surface area contributed by atoms with Crippen molar-refractivity contribution in [2.24, 2.45) is 10.9 Å². The molecule has 1 rings (SSSR count). The third-order valence-electron chi connectivity index (χ3n) is 4.20. The predicted molar refractivity (Wildman–Crippen MR) is 99.8 cm³/mol. The number of nitrogens with one attached hydrogen (secondary N) is 2. The van der Waals surface area contributed by atoms with E-state index >= 15 is 0 Å². The third kappa shape index (κ3) is 10.1. The van der Waals surface area contributed by atoms with Gasteiger partial charge < -0.3 is 29.9 Å². The number of guanidine groups is 1. The predicted octanol–water partition coefficient (Wildman–Crippen LogP) is 0.0880. The van der Waals surface area contributed by atoms with Gasteiger partial charge in [0.25, 0.3) is 0 Å². The topological polar surface area (TPSA) is 61.4 Å². The van der Waals surface area contributed by atoms with E-state index in [1.54, 1.807) is 7.11 Å². The highest BCUT2D eigenvalue weighted by molar-refractivity contribution is 5.79. The smallest absolute Gasteiger partial charge is 0.190 e. The quantitative estimate of drug-likeness (QED) is 0.315. The highest BCUT2D eigenvalue weighted by Gasteiger charge is 2.16. The second-order valence-electron chi connectivity index (χ2n) is 6.55. The number of hydrogen-bond donors (Lipinski definition) is 2. The van der Waals surface area contributed by atoms with Crippen molar-refractivity contribution in [1.29, 1.82) is 0 Å². The normalized spacial score (nSPS) is 18.6. The van der Waals surface area contributed by atoms with Crippen molar-refractivity contribution in [3.05, 3.63) is 0 Å². The maximum absolute atomic E-state index is 5.45. The Bertz CT molecular complexity index is 333. The molecule has 142 valence electrons. The Balaban J connectivity index is 2.06. The summed E-state index contributed by atoms with van der Waals surface area (Å²) in [6, 6.07) is 0. The first-order valence-corrected chi connectivity index (χ1v) is 9.07. The minimum Gasteiger partial charge on any atom is -0.382 e. The maximum atomic E-state index is 5.45. The van der Waals surface area contributed by atoms with Gasteiger partial charge in [-0.2, -0.15) is 0 Å². The minimum atomic E-state index is 0.601. The van der Waals surface area contributed by atoms with Crippen molar-refractivity contribution in [2.75, 3.05) is 86.8 Å². The highest BCUT2D eigenvalue weighted by Crippen LogP contribution is 2.03. The van der Waals surface area contributed by atoms with Gasteiger partial charge in [-0.1, -0.05) is 6.92 Å². The zero-order chi connectivity index (χ0) is 17.6. The summed E-state index contributed by atoms with van der Waals surface area (Å²) >= 11 is 0. The van der Waals surface area contributed by atoms with Crippen molar-refractivity contribution in [3.8, 4) is 0 Å². The molecule has 1 heterocycles. The van der Waals surface area contributed by atoms with Crippen molar-refractivity contribution in [3.63, 3.8) is 0 Å². The van der Waals surface area contributed by atoms with E-state index < -0.39 is 0 Å². The Morgan fingerprint density at radius 1 is 1.12 bits per heavy atom. The summed E-state index contributed by atoms with van der Waals surface area (Å²) in [5, 5.41) is 6.75. The molecule has 0 radical (unpaired) electrons. The van der Waals surface area contributed by atoms with Crippen LogP contribution in [0.4, 0.5) is 0 Å². The summed E-state index contributed by atoms with van der Waals surface area (Å²) < 4.78 is 10.4. The van der Waals surface area contributed by atoms with Crippen LogP contribution in [0, 0.1) is 5.92 Å². The molecular weight excluding hydrogens is 306 g/mol. The molecule has 1 atom stereocenters. The van der Waals surface area contributed by atoms with Gasteiger partial charge in [0.1, 0.15) is 0 Å². The van der Waals surface area contributed by atoms with Crippen LogP contribution in [0.5, 0.6) is 0 Å². The van der Waals surface area contributed by atoms with E-state index in [-0.39, 0.29) is 0 Å². The number of hydrogen-bond acceptors (Lipinski definition) is 5. The second kappa shape index (κ2) is 13.4. The van der Waals surface area contributed by atoms with Gasteiger partial charge in [-0.15, -0.1) is 0 Å². The Hall–Kier alpha value is -0.890. The number of methoxy groups -OCH3 is 1. The SMILES string of the molecule is CN=C(NCCCOCCOC)NCC(C)CN1CCN(C)CC1. The zero-order valence-electron chi connectivity index (χ0n) is 16.0. The van der Waals surface area contributed by atoms with Crippen LogP contribution in [-0.2, 0) is 9.47 Å². The molecule has 1 saturated heterocycles. The molecule has 0 aromatic heterocycles. The molecular formula is C17H37N5O2. The molecule has 2 N–H and O–H groups in total. The van der Waals surface area contributed by atoms with E-state index in [0.717, 1.165) is 38.6 Å². The van der Waals surface area contributed by atoms with Gasteiger partial charge in [0.2, 0.25) is 0 Å². The first-order valence-electron chi connectivity index (χ1n) is 9.07. The average Bonchev–Trinajstić information content (AvgIpc) is 2.58. The molecule has 7 nitrogen and oxygen atoms in total. The van der Waals surface area contributed by atoms with Crippen molar-refractivity contribution in [1.82, 2.24) is 20.4 Å². The fourth-order valence-corrected chi connectivity index (χ4v) is 2.65. The van der Waals surface area contributed by atoms with Crippen molar-refractivity contribution in [2.45, 2.75) is 13.3 Å². The van der Waals surface area contributed by atoms with Crippen LogP contribution >= 0.6 is 0 Å². The molecule has 7 heteroatoms. The van der Waals surface area contributed by atoms with Gasteiger partial charge in [0.05, 0.1) is 13.2 Å². The van der Waals surface area contributed by atoms with Crippen LogP contribution in [-0.4, -0.2) is 103 Å². The van der Waals surface area contributed by atoms with Gasteiger partial charge in [0, 0.05) is 66.6 Å². The Labute approximate surface area is 147 Å². The number of likely N-dealkylation sites (N-methyl/N-ethyl adjacent to an activating group) is 1. The summed E-state index contributed by atoms with van der Waals surface area (Å²) in [7, 11) is 5.70. The molecule has 0 aliphatic carbocycles. The lowest BCUT2D eigenvalue weighted by Gasteiger charge is -2.34. The molecule has 0 saturated carbocycles. The van der Waals surface area contributed by atoms with Gasteiger partial charge >= 0.3 is 0 Å². The van der Waals surface area contributed by atoms with Crippen LogP contribution in [0.3, 0.4) is 0 Å². The van der Waals surface area contributed by atoms with E-state index in [1.165, 1.54) is 26.2 Å². The fraction of sp³-hybridized carbons (Fsp3) is 0.941. The first-order chi connectivity index (χ1) is 11.7. The Morgan fingerprint density at radius 2 is 1.88 bits per heavy atom. The van der Waals surface area contributed by atoms with Crippen molar-refractivity contribution >= 4 is 5.96 Å². The highest BCUT2D eigenvalue weighted by atomic mass is 16.5. The standard InChI is InChI=1S/C17H37N5O2/c1-16(15-22-9-7-21(3)8-10-22)14-20-17(18-2)19-6-5-11-24-13-12-23-4/h16H,5-15H2,1-4H3,(H2,18,19,20). The molecule has 24 heavy (non-hydrogen) atoms. The summed E-state index contributed by atoms with van der Waals surface area (Å²) in [6.45, 7) is 12.0. The zero-order valence-corrected chi connectivity index (χ0v) is 16.0. The van der Waals surface area contributed by atoms with Crippen molar-refractivity contribution < 1.29 is 9.47 Å². The number of rotatable bonds is 11. The number of nitrogens with zero attached hydrogens (tertiary/aromatic N) is 3. The van der Waals surface area contributed by atoms with E-state index in [2.05, 4.69) is 39.4 Å². The molecule has 0 bridgehead atoms. The van der Waals surface area contributed by atoms with E-state index in [0.29, 0.717) is 19.1 Å². The van der Waals surface area contributed by atoms with Gasteiger partial charge in [-0.25, -0.2) is 0 Å². The first kappa shape index (κ1) is 21.2. The Morgan fingerprint density at radius 3 is 2.54 bits per heavy atom. The lowest BCUT2D eigenvalue weighted by atomic mass is 10.1. The van der Waals surface area contributed by atoms with Crippen LogP contribution in [0.2, 0.25) is 0 Å². The second-order valence-corrected chi connectivity index (χ2v) is 6.55. The average molecular weight is 344 g/mol. The van der Waals surface area contributed by atoms with Gasteiger partial charge in [0.15, 0.2) is 5.96 Å². The molecule has 1 fully saturated rings. The van der Waals surface area contributed by atoms with Crippen LogP contribution in [0.15, 0.2) is 4.99 Å². The molecule has 1 aliphatic rings. The minimum absolute atomic E-state index is 0.601. The molecule has 0 aromatic rings. The molecule has 1 aliphatic heterocycles. The number of aliphatic imine (C=N–C) groups is 1. The monoisotopic (exact) mass is 343 g/mol. The molecule has 0 aromatic carbocycles.